The number of amides is 1. The molecular formula is C21H26N2O2. The van der Waals surface area contributed by atoms with E-state index in [1.165, 1.54) is 11.1 Å². The van der Waals surface area contributed by atoms with Gasteiger partial charge in [0, 0.05) is 23.9 Å². The second-order valence-electron chi connectivity index (χ2n) is 7.76. The van der Waals surface area contributed by atoms with Gasteiger partial charge in [0.2, 0.25) is 0 Å². The van der Waals surface area contributed by atoms with Gasteiger partial charge in [0.15, 0.2) is 0 Å². The molecule has 1 amide bonds. The first-order valence-electron chi connectivity index (χ1n) is 8.81. The summed E-state index contributed by atoms with van der Waals surface area (Å²) >= 11 is 0. The molecule has 0 radical (unpaired) electrons. The van der Waals surface area contributed by atoms with E-state index in [0.29, 0.717) is 24.7 Å². The zero-order valence-corrected chi connectivity index (χ0v) is 15.2. The van der Waals surface area contributed by atoms with Crippen molar-refractivity contribution in [1.29, 1.82) is 0 Å². The fraction of sp³-hybridized carbons (Fsp3) is 0.429. The van der Waals surface area contributed by atoms with Crippen LogP contribution in [-0.2, 0) is 16.6 Å². The topological polar surface area (TPSA) is 51.2 Å². The zero-order chi connectivity index (χ0) is 17.9. The Morgan fingerprint density at radius 1 is 1.12 bits per heavy atom. The molecule has 0 bridgehead atoms. The van der Waals surface area contributed by atoms with Crippen LogP contribution in [0.4, 0.5) is 0 Å². The van der Waals surface area contributed by atoms with E-state index in [-0.39, 0.29) is 17.4 Å². The Balaban J connectivity index is 1.63. The van der Waals surface area contributed by atoms with Crippen LogP contribution in [0.5, 0.6) is 0 Å². The van der Waals surface area contributed by atoms with E-state index in [0.717, 1.165) is 6.42 Å². The predicted octanol–water partition coefficient (Wildman–Crippen LogP) is 3.37. The summed E-state index contributed by atoms with van der Waals surface area (Å²) in [4.78, 5) is 16.6. The molecule has 0 saturated carbocycles. The molecule has 2 atom stereocenters. The molecule has 1 aliphatic rings. The first-order valence-corrected chi connectivity index (χ1v) is 8.81. The Labute approximate surface area is 149 Å². The fourth-order valence-corrected chi connectivity index (χ4v) is 3.15. The Bertz CT molecular complexity index is 705. The lowest BCUT2D eigenvalue weighted by atomic mass is 9.86. The highest BCUT2D eigenvalue weighted by Gasteiger charge is 2.30. The minimum Gasteiger partial charge on any atom is -0.379 e. The van der Waals surface area contributed by atoms with Crippen molar-refractivity contribution in [2.24, 2.45) is 5.92 Å². The number of aromatic nitrogens is 1. The highest BCUT2D eigenvalue weighted by atomic mass is 16.5. The Morgan fingerprint density at radius 2 is 1.80 bits per heavy atom. The van der Waals surface area contributed by atoms with Gasteiger partial charge in [0.1, 0.15) is 0 Å². The molecule has 2 heterocycles. The third-order valence-corrected chi connectivity index (χ3v) is 4.78. The van der Waals surface area contributed by atoms with Crippen LogP contribution in [-0.4, -0.2) is 30.1 Å². The van der Waals surface area contributed by atoms with Gasteiger partial charge in [-0.3, -0.25) is 9.78 Å². The van der Waals surface area contributed by atoms with E-state index in [2.05, 4.69) is 31.1 Å². The van der Waals surface area contributed by atoms with Gasteiger partial charge < -0.3 is 10.1 Å². The third kappa shape index (κ3) is 4.45. The van der Waals surface area contributed by atoms with Crippen LogP contribution in [0.2, 0.25) is 0 Å². The average molecular weight is 338 g/mol. The average Bonchev–Trinajstić information content (AvgIpc) is 3.02. The Kier molecular flexibility index (Phi) is 5.19. The SMILES string of the molecule is CC(C)(C)c1ccc(C(=O)N[C@H]2COC[C@H]2Cc2ccncc2)cc1. The first kappa shape index (κ1) is 17.6. The van der Waals surface area contributed by atoms with Crippen molar-refractivity contribution >= 4 is 5.91 Å². The van der Waals surface area contributed by atoms with Gasteiger partial charge in [-0.2, -0.15) is 0 Å². The molecule has 1 aromatic heterocycles. The van der Waals surface area contributed by atoms with Crippen LogP contribution >= 0.6 is 0 Å². The number of benzene rings is 1. The van der Waals surface area contributed by atoms with Crippen LogP contribution in [0.25, 0.3) is 0 Å². The van der Waals surface area contributed by atoms with Crippen molar-refractivity contribution in [3.8, 4) is 0 Å². The molecule has 4 heteroatoms. The lowest BCUT2D eigenvalue weighted by molar-refractivity contribution is 0.0925. The number of carbonyl (C=O) groups is 1. The van der Waals surface area contributed by atoms with Crippen molar-refractivity contribution < 1.29 is 9.53 Å². The summed E-state index contributed by atoms with van der Waals surface area (Å²) in [5.41, 5.74) is 3.23. The standard InChI is InChI=1S/C21H26N2O2/c1-21(2,3)18-6-4-16(5-7-18)20(24)23-19-14-25-13-17(19)12-15-8-10-22-11-9-15/h4-11,17,19H,12-14H2,1-3H3,(H,23,24)/t17-,19+/m1/s1. The van der Waals surface area contributed by atoms with E-state index in [9.17, 15) is 4.79 Å². The summed E-state index contributed by atoms with van der Waals surface area (Å²) in [6, 6.07) is 12.0. The minimum absolute atomic E-state index is 0.0318. The van der Waals surface area contributed by atoms with Crippen LogP contribution in [0.1, 0.15) is 42.3 Å². The van der Waals surface area contributed by atoms with E-state index in [1.807, 2.05) is 36.4 Å². The van der Waals surface area contributed by atoms with Gasteiger partial charge in [-0.15, -0.1) is 0 Å². The maximum Gasteiger partial charge on any atom is 0.251 e. The van der Waals surface area contributed by atoms with Crippen LogP contribution in [0, 0.1) is 5.92 Å². The molecule has 4 nitrogen and oxygen atoms in total. The third-order valence-electron chi connectivity index (χ3n) is 4.78. The molecule has 1 aromatic carbocycles. The molecule has 1 aliphatic heterocycles. The minimum atomic E-state index is -0.0318. The summed E-state index contributed by atoms with van der Waals surface area (Å²) < 4.78 is 5.61. The largest absolute Gasteiger partial charge is 0.379 e. The van der Waals surface area contributed by atoms with Crippen molar-refractivity contribution in [3.63, 3.8) is 0 Å². The van der Waals surface area contributed by atoms with Crippen molar-refractivity contribution in [2.45, 2.75) is 38.6 Å². The molecule has 2 aromatic rings. The van der Waals surface area contributed by atoms with Crippen LogP contribution < -0.4 is 5.32 Å². The van der Waals surface area contributed by atoms with E-state index in [1.54, 1.807) is 12.4 Å². The summed E-state index contributed by atoms with van der Waals surface area (Å²) in [5, 5.41) is 3.14. The highest BCUT2D eigenvalue weighted by Crippen LogP contribution is 2.23. The van der Waals surface area contributed by atoms with E-state index >= 15 is 0 Å². The highest BCUT2D eigenvalue weighted by molar-refractivity contribution is 5.94. The molecule has 1 saturated heterocycles. The van der Waals surface area contributed by atoms with Gasteiger partial charge in [0.25, 0.3) is 5.91 Å². The van der Waals surface area contributed by atoms with Gasteiger partial charge >= 0.3 is 0 Å². The predicted molar refractivity (Wildman–Crippen MR) is 98.6 cm³/mol. The number of rotatable bonds is 4. The number of nitrogens with zero attached hydrogens (tertiary/aromatic N) is 1. The lowest BCUT2D eigenvalue weighted by Gasteiger charge is -2.21. The van der Waals surface area contributed by atoms with Gasteiger partial charge in [-0.05, 0) is 47.2 Å². The molecule has 132 valence electrons. The van der Waals surface area contributed by atoms with Crippen molar-refractivity contribution in [3.05, 3.63) is 65.5 Å². The van der Waals surface area contributed by atoms with E-state index in [4.69, 9.17) is 4.74 Å². The normalized spacial score (nSPS) is 20.4. The molecule has 1 fully saturated rings. The summed E-state index contributed by atoms with van der Waals surface area (Å²) in [6.07, 6.45) is 4.49. The molecule has 0 spiro atoms. The molecular weight excluding hydrogens is 312 g/mol. The second-order valence-corrected chi connectivity index (χ2v) is 7.76. The smallest absolute Gasteiger partial charge is 0.251 e. The van der Waals surface area contributed by atoms with E-state index < -0.39 is 0 Å². The maximum absolute atomic E-state index is 12.6. The maximum atomic E-state index is 12.6. The molecule has 0 aliphatic carbocycles. The number of hydrogen-bond donors (Lipinski definition) is 1. The summed E-state index contributed by atoms with van der Waals surface area (Å²) in [6.45, 7) is 7.75. The molecule has 1 N–H and O–H groups in total. The molecule has 3 rings (SSSR count). The summed E-state index contributed by atoms with van der Waals surface area (Å²) in [7, 11) is 0. The number of nitrogens with one attached hydrogen (secondary N) is 1. The zero-order valence-electron chi connectivity index (χ0n) is 15.2. The van der Waals surface area contributed by atoms with Gasteiger partial charge in [-0.1, -0.05) is 32.9 Å². The lowest BCUT2D eigenvalue weighted by Crippen LogP contribution is -2.40. The van der Waals surface area contributed by atoms with Crippen molar-refractivity contribution in [1.82, 2.24) is 10.3 Å². The van der Waals surface area contributed by atoms with Gasteiger partial charge in [-0.25, -0.2) is 0 Å². The Hall–Kier alpha value is -2.20. The number of carbonyl (C=O) groups excluding carboxylic acids is 1. The molecule has 25 heavy (non-hydrogen) atoms. The van der Waals surface area contributed by atoms with Crippen LogP contribution in [0.3, 0.4) is 0 Å². The van der Waals surface area contributed by atoms with Crippen LogP contribution in [0.15, 0.2) is 48.8 Å². The number of pyridine rings is 1. The second kappa shape index (κ2) is 7.36. The summed E-state index contributed by atoms with van der Waals surface area (Å²) in [5.74, 6) is 0.260. The van der Waals surface area contributed by atoms with Crippen molar-refractivity contribution in [2.75, 3.05) is 13.2 Å². The number of hydrogen-bond acceptors (Lipinski definition) is 3. The quantitative estimate of drug-likeness (QED) is 0.930. The monoisotopic (exact) mass is 338 g/mol. The molecule has 0 unspecified atom stereocenters. The fourth-order valence-electron chi connectivity index (χ4n) is 3.15. The number of ether oxygens (including phenoxy) is 1. The van der Waals surface area contributed by atoms with Gasteiger partial charge in [0.05, 0.1) is 19.3 Å². The Morgan fingerprint density at radius 3 is 2.44 bits per heavy atom. The first-order chi connectivity index (χ1) is 11.9.